The van der Waals surface area contributed by atoms with Crippen molar-refractivity contribution in [3.05, 3.63) is 241 Å². The van der Waals surface area contributed by atoms with Gasteiger partial charge in [0.15, 0.2) is 11.2 Å². The van der Waals surface area contributed by atoms with E-state index in [2.05, 4.69) is 218 Å². The third-order valence-corrected chi connectivity index (χ3v) is 13.9. The van der Waals surface area contributed by atoms with Gasteiger partial charge in [0, 0.05) is 21.5 Å². The lowest BCUT2D eigenvalue weighted by Crippen LogP contribution is -2.28. The normalized spacial score (nSPS) is 13.2. The second kappa shape index (κ2) is 12.9. The van der Waals surface area contributed by atoms with Gasteiger partial charge in [-0.2, -0.15) is 0 Å². The first-order chi connectivity index (χ1) is 31.2. The number of furan rings is 2. The molecule has 2 heteroatoms. The zero-order chi connectivity index (χ0) is 41.2. The Bertz CT molecular complexity index is 3940. The molecule has 14 rings (SSSR count). The zero-order valence-corrected chi connectivity index (χ0v) is 34.1. The Balaban J connectivity index is 0.918. The maximum absolute atomic E-state index is 6.73. The molecule has 1 aliphatic carbocycles. The molecule has 0 bridgehead atoms. The summed E-state index contributed by atoms with van der Waals surface area (Å²) in [5.74, 6) is 0. The predicted molar refractivity (Wildman–Crippen MR) is 262 cm³/mol. The van der Waals surface area contributed by atoms with Crippen LogP contribution in [0.1, 0.15) is 22.3 Å². The molecule has 11 aromatic carbocycles. The monoisotopic (exact) mass is 800 g/mol. The molecule has 2 nitrogen and oxygen atoms in total. The van der Waals surface area contributed by atoms with Crippen LogP contribution >= 0.6 is 0 Å². The standard InChI is InChI=1S/C61H36O2/c1-3-14-40(15-4-1)61(41-16-5-2-6-17-41)54-24-12-11-22-50(54)58-42(23-13-25-55(58)61)39-28-33-57-53(36-39)49-31-30-48-52-35-38(27-32-56(52)62-59(48)60(49)63-57)37-26-29-47-45-20-8-7-18-43(45)44-19-9-10-21-46(44)51(47)34-37/h1-36H. The lowest BCUT2D eigenvalue weighted by Gasteiger charge is -2.34. The molecule has 0 fully saturated rings. The van der Waals surface area contributed by atoms with E-state index in [-0.39, 0.29) is 0 Å². The molecular formula is C61H36O2. The number of rotatable bonds is 4. The van der Waals surface area contributed by atoms with Crippen molar-refractivity contribution in [3.8, 4) is 33.4 Å². The molecular weight excluding hydrogens is 765 g/mol. The molecule has 0 saturated carbocycles. The van der Waals surface area contributed by atoms with Gasteiger partial charge in [0.2, 0.25) is 0 Å². The Morgan fingerprint density at radius 3 is 1.32 bits per heavy atom. The van der Waals surface area contributed by atoms with E-state index in [0.29, 0.717) is 0 Å². The first-order valence-electron chi connectivity index (χ1n) is 21.7. The van der Waals surface area contributed by atoms with Crippen LogP contribution in [0.5, 0.6) is 0 Å². The van der Waals surface area contributed by atoms with Crippen molar-refractivity contribution in [1.82, 2.24) is 0 Å². The van der Waals surface area contributed by atoms with Gasteiger partial charge in [-0.1, -0.05) is 176 Å². The summed E-state index contributed by atoms with van der Waals surface area (Å²) in [7, 11) is 0. The van der Waals surface area contributed by atoms with Crippen LogP contribution in [0.3, 0.4) is 0 Å². The summed E-state index contributed by atoms with van der Waals surface area (Å²) in [4.78, 5) is 0. The number of hydrogen-bond donors (Lipinski definition) is 0. The van der Waals surface area contributed by atoms with Crippen molar-refractivity contribution in [1.29, 1.82) is 0 Å². The second-order valence-corrected chi connectivity index (χ2v) is 17.1. The average molecular weight is 801 g/mol. The van der Waals surface area contributed by atoms with E-state index in [1.54, 1.807) is 0 Å². The summed E-state index contributed by atoms with van der Waals surface area (Å²) in [6.45, 7) is 0. The van der Waals surface area contributed by atoms with Crippen LogP contribution in [-0.2, 0) is 5.41 Å². The van der Waals surface area contributed by atoms with E-state index in [0.717, 1.165) is 55.0 Å². The molecule has 13 aromatic rings. The molecule has 0 spiro atoms. The predicted octanol–water partition coefficient (Wildman–Crippen LogP) is 16.6. The van der Waals surface area contributed by atoms with Crippen LogP contribution in [0.4, 0.5) is 0 Å². The first kappa shape index (κ1) is 34.5. The third kappa shape index (κ3) is 4.72. The van der Waals surface area contributed by atoms with Gasteiger partial charge in [0.25, 0.3) is 0 Å². The molecule has 63 heavy (non-hydrogen) atoms. The van der Waals surface area contributed by atoms with Crippen LogP contribution in [0.25, 0.3) is 110 Å². The average Bonchev–Trinajstić information content (AvgIpc) is 4.02. The van der Waals surface area contributed by atoms with Crippen LogP contribution in [0.15, 0.2) is 227 Å². The highest BCUT2D eigenvalue weighted by Gasteiger charge is 2.46. The fourth-order valence-electron chi connectivity index (χ4n) is 11.2. The molecule has 0 atom stereocenters. The maximum Gasteiger partial charge on any atom is 0.178 e. The van der Waals surface area contributed by atoms with Crippen LogP contribution in [-0.4, -0.2) is 0 Å². The lowest BCUT2D eigenvalue weighted by molar-refractivity contribution is 0.633. The highest BCUT2D eigenvalue weighted by molar-refractivity contribution is 6.26. The topological polar surface area (TPSA) is 26.3 Å². The maximum atomic E-state index is 6.73. The van der Waals surface area contributed by atoms with Crippen molar-refractivity contribution in [2.24, 2.45) is 0 Å². The SMILES string of the molecule is c1ccc(C2(c3ccccc3)c3ccccc3-c3c(-c4ccc5oc6c(ccc7c8cc(-c9ccc%10c%11ccccc%11c%11ccccc%11c%10c9)ccc8oc76)c5c4)cccc32)cc1. The fourth-order valence-corrected chi connectivity index (χ4v) is 11.2. The molecule has 2 heterocycles. The van der Waals surface area contributed by atoms with Gasteiger partial charge in [-0.3, -0.25) is 0 Å². The second-order valence-electron chi connectivity index (χ2n) is 17.1. The lowest BCUT2D eigenvalue weighted by atomic mass is 9.67. The van der Waals surface area contributed by atoms with Crippen LogP contribution in [0.2, 0.25) is 0 Å². The summed E-state index contributed by atoms with van der Waals surface area (Å²) >= 11 is 0. The van der Waals surface area contributed by atoms with E-state index >= 15 is 0 Å². The molecule has 2 aromatic heterocycles. The highest BCUT2D eigenvalue weighted by Crippen LogP contribution is 2.58. The van der Waals surface area contributed by atoms with Crippen LogP contribution < -0.4 is 0 Å². The van der Waals surface area contributed by atoms with Gasteiger partial charge < -0.3 is 8.83 Å². The van der Waals surface area contributed by atoms with Gasteiger partial charge in [-0.05, 0) is 130 Å². The molecule has 292 valence electrons. The molecule has 0 unspecified atom stereocenters. The Hall–Kier alpha value is -8.20. The smallest absolute Gasteiger partial charge is 0.178 e. The van der Waals surface area contributed by atoms with E-state index in [9.17, 15) is 0 Å². The third-order valence-electron chi connectivity index (χ3n) is 13.9. The van der Waals surface area contributed by atoms with Crippen molar-refractivity contribution in [2.75, 3.05) is 0 Å². The quantitative estimate of drug-likeness (QED) is 0.166. The largest absolute Gasteiger partial charge is 0.452 e. The Morgan fingerprint density at radius 2 is 0.698 bits per heavy atom. The minimum absolute atomic E-state index is 0.457. The zero-order valence-electron chi connectivity index (χ0n) is 34.1. The van der Waals surface area contributed by atoms with Crippen LogP contribution in [0, 0.1) is 0 Å². The summed E-state index contributed by atoms with van der Waals surface area (Å²) < 4.78 is 13.4. The summed E-state index contributed by atoms with van der Waals surface area (Å²) in [6, 6.07) is 79.8. The number of benzene rings is 11. The van der Waals surface area contributed by atoms with Gasteiger partial charge in [-0.15, -0.1) is 0 Å². The van der Waals surface area contributed by atoms with E-state index < -0.39 is 5.41 Å². The molecule has 0 aliphatic heterocycles. The molecule has 0 saturated heterocycles. The summed E-state index contributed by atoms with van der Waals surface area (Å²) in [6.07, 6.45) is 0. The molecule has 0 radical (unpaired) electrons. The van der Waals surface area contributed by atoms with E-state index in [1.807, 2.05) is 0 Å². The minimum atomic E-state index is -0.457. The fraction of sp³-hybridized carbons (Fsp3) is 0.0164. The Labute approximate surface area is 362 Å². The van der Waals surface area contributed by atoms with Crippen molar-refractivity contribution in [2.45, 2.75) is 5.41 Å². The van der Waals surface area contributed by atoms with E-state index in [1.165, 1.54) is 76.8 Å². The number of hydrogen-bond acceptors (Lipinski definition) is 2. The molecule has 0 N–H and O–H groups in total. The van der Waals surface area contributed by atoms with E-state index in [4.69, 9.17) is 8.83 Å². The van der Waals surface area contributed by atoms with Gasteiger partial charge in [0.1, 0.15) is 11.2 Å². The van der Waals surface area contributed by atoms with Gasteiger partial charge in [-0.25, -0.2) is 0 Å². The minimum Gasteiger partial charge on any atom is -0.452 e. The summed E-state index contributed by atoms with van der Waals surface area (Å²) in [5.41, 5.74) is 15.1. The Kier molecular flexibility index (Phi) is 7.07. The van der Waals surface area contributed by atoms with Crippen molar-refractivity contribution >= 4 is 76.2 Å². The Morgan fingerprint density at radius 1 is 0.270 bits per heavy atom. The number of fused-ring (bicyclic) bond motifs is 16. The first-order valence-corrected chi connectivity index (χ1v) is 21.7. The molecule has 1 aliphatic rings. The van der Waals surface area contributed by atoms with Crippen molar-refractivity contribution < 1.29 is 8.83 Å². The highest BCUT2D eigenvalue weighted by atomic mass is 16.4. The van der Waals surface area contributed by atoms with Crippen molar-refractivity contribution in [3.63, 3.8) is 0 Å². The van der Waals surface area contributed by atoms with Gasteiger partial charge >= 0.3 is 0 Å². The van der Waals surface area contributed by atoms with Gasteiger partial charge in [0.05, 0.1) is 5.41 Å². The summed E-state index contributed by atoms with van der Waals surface area (Å²) in [5, 5.41) is 11.9. The molecule has 0 amide bonds.